The van der Waals surface area contributed by atoms with Gasteiger partial charge in [-0.05, 0) is 0 Å². The van der Waals surface area contributed by atoms with Crippen LogP contribution in [0.25, 0.3) is 0 Å². The Kier molecular flexibility index (Phi) is 4.81. The number of hydrogen-bond donors (Lipinski definition) is 6. The van der Waals surface area contributed by atoms with Gasteiger partial charge in [0.05, 0.1) is 6.61 Å². The summed E-state index contributed by atoms with van der Waals surface area (Å²) >= 11 is 0. The normalized spacial score (nSPS) is 20.4. The quantitative estimate of drug-likeness (QED) is 0.268. The van der Waals surface area contributed by atoms with E-state index < -0.39 is 37.0 Å². The Morgan fingerprint density at radius 3 is 1.85 bits per heavy atom. The Hall–Kier alpha value is -0.730. The molecule has 0 aliphatic heterocycles. The average molecular weight is 196 g/mol. The van der Waals surface area contributed by atoms with Crippen LogP contribution < -0.4 is 0 Å². The predicted molar refractivity (Wildman–Crippen MR) is 38.7 cm³/mol. The first kappa shape index (κ1) is 12.3. The third-order valence-electron chi connectivity index (χ3n) is 1.51. The minimum Gasteiger partial charge on any atom is -0.479 e. The molecule has 0 unspecified atom stereocenters. The van der Waals surface area contributed by atoms with Gasteiger partial charge in [-0.2, -0.15) is 0 Å². The van der Waals surface area contributed by atoms with Crippen LogP contribution in [0.1, 0.15) is 0 Å². The summed E-state index contributed by atoms with van der Waals surface area (Å²) < 4.78 is 0. The lowest BCUT2D eigenvalue weighted by Gasteiger charge is -2.23. The Morgan fingerprint density at radius 1 is 1.08 bits per heavy atom. The largest absolute Gasteiger partial charge is 0.479 e. The molecule has 0 heterocycles. The lowest BCUT2D eigenvalue weighted by Crippen LogP contribution is -2.48. The van der Waals surface area contributed by atoms with Gasteiger partial charge in [-0.25, -0.2) is 4.79 Å². The van der Waals surface area contributed by atoms with E-state index in [2.05, 4.69) is 0 Å². The topological polar surface area (TPSA) is 138 Å². The van der Waals surface area contributed by atoms with Crippen LogP contribution in [0.5, 0.6) is 0 Å². The number of aliphatic hydroxyl groups is 5. The van der Waals surface area contributed by atoms with E-state index in [4.69, 9.17) is 30.6 Å². The van der Waals surface area contributed by atoms with Gasteiger partial charge in [0.25, 0.3) is 0 Å². The summed E-state index contributed by atoms with van der Waals surface area (Å²) in [5.41, 5.74) is 0. The van der Waals surface area contributed by atoms with Crippen LogP contribution >= 0.6 is 0 Å². The van der Waals surface area contributed by atoms with Gasteiger partial charge in [0, 0.05) is 0 Å². The number of aliphatic carboxylic acids is 1. The second-order valence-corrected chi connectivity index (χ2v) is 2.51. The maximum absolute atomic E-state index is 10.1. The maximum Gasteiger partial charge on any atom is 0.335 e. The third kappa shape index (κ3) is 3.25. The van der Waals surface area contributed by atoms with Crippen LogP contribution in [0.2, 0.25) is 0 Å². The molecule has 0 radical (unpaired) electrons. The number of carboxylic acid groups (broad SMARTS) is 1. The molecule has 0 bridgehead atoms. The first-order valence-electron chi connectivity index (χ1n) is 3.47. The van der Waals surface area contributed by atoms with Crippen molar-refractivity contribution in [2.45, 2.75) is 24.4 Å². The summed E-state index contributed by atoms with van der Waals surface area (Å²) in [5, 5.41) is 51.8. The first-order chi connectivity index (χ1) is 5.91. The summed E-state index contributed by atoms with van der Waals surface area (Å²) in [5.74, 6) is -1.73. The molecule has 0 aromatic heterocycles. The second kappa shape index (κ2) is 5.10. The summed E-state index contributed by atoms with van der Waals surface area (Å²) in [6.07, 6.45) is -7.84. The lowest BCUT2D eigenvalue weighted by molar-refractivity contribution is -0.164. The average Bonchev–Trinajstić information content (AvgIpc) is 2.12. The molecule has 4 atom stereocenters. The smallest absolute Gasteiger partial charge is 0.335 e. The fraction of sp³-hybridized carbons (Fsp3) is 0.833. The molecule has 13 heavy (non-hydrogen) atoms. The van der Waals surface area contributed by atoms with Gasteiger partial charge in [-0.1, -0.05) is 0 Å². The molecule has 7 heteroatoms. The summed E-state index contributed by atoms with van der Waals surface area (Å²) in [7, 11) is 0. The zero-order valence-corrected chi connectivity index (χ0v) is 6.61. The summed E-state index contributed by atoms with van der Waals surface area (Å²) in [4.78, 5) is 10.1. The van der Waals surface area contributed by atoms with Crippen LogP contribution in [-0.2, 0) is 4.79 Å². The monoisotopic (exact) mass is 196 g/mol. The summed E-state index contributed by atoms with van der Waals surface area (Å²) in [6.45, 7) is -0.843. The lowest BCUT2D eigenvalue weighted by atomic mass is 10.0. The molecular formula is C6H12O7. The Morgan fingerprint density at radius 2 is 1.54 bits per heavy atom. The number of rotatable bonds is 5. The third-order valence-corrected chi connectivity index (χ3v) is 1.51. The molecule has 6 N–H and O–H groups in total. The summed E-state index contributed by atoms with van der Waals surface area (Å²) in [6, 6.07) is 0. The highest BCUT2D eigenvalue weighted by atomic mass is 16.4. The predicted octanol–water partition coefficient (Wildman–Crippen LogP) is -3.49. The molecule has 78 valence electrons. The zero-order chi connectivity index (χ0) is 10.6. The molecule has 0 saturated heterocycles. The van der Waals surface area contributed by atoms with Crippen LogP contribution in [0.4, 0.5) is 0 Å². The number of hydrogen-bond acceptors (Lipinski definition) is 6. The van der Waals surface area contributed by atoms with Crippen molar-refractivity contribution in [3.05, 3.63) is 0 Å². The Bertz CT molecular complexity index is 170. The maximum atomic E-state index is 10.1. The van der Waals surface area contributed by atoms with Crippen molar-refractivity contribution >= 4 is 5.97 Å². The van der Waals surface area contributed by atoms with E-state index in [-0.39, 0.29) is 0 Å². The van der Waals surface area contributed by atoms with Crippen LogP contribution in [0.15, 0.2) is 0 Å². The molecule has 0 aromatic rings. The van der Waals surface area contributed by atoms with Crippen molar-refractivity contribution < 1.29 is 35.4 Å². The molecule has 0 rings (SSSR count). The van der Waals surface area contributed by atoms with Gasteiger partial charge in [-0.15, -0.1) is 0 Å². The molecule has 0 aliphatic carbocycles. The first-order valence-corrected chi connectivity index (χ1v) is 3.47. The molecule has 0 spiro atoms. The fourth-order valence-electron chi connectivity index (χ4n) is 0.668. The van der Waals surface area contributed by atoms with E-state index in [0.717, 1.165) is 0 Å². The van der Waals surface area contributed by atoms with Crippen molar-refractivity contribution in [3.63, 3.8) is 0 Å². The van der Waals surface area contributed by atoms with Gasteiger partial charge in [0.15, 0.2) is 6.10 Å². The van der Waals surface area contributed by atoms with Gasteiger partial charge < -0.3 is 30.6 Å². The molecule has 7 nitrogen and oxygen atoms in total. The molecule has 0 aliphatic rings. The highest BCUT2D eigenvalue weighted by Gasteiger charge is 2.33. The van der Waals surface area contributed by atoms with E-state index in [1.165, 1.54) is 0 Å². The van der Waals surface area contributed by atoms with E-state index >= 15 is 0 Å². The minimum atomic E-state index is -2.20. The van der Waals surface area contributed by atoms with Gasteiger partial charge >= 0.3 is 5.97 Å². The van der Waals surface area contributed by atoms with E-state index in [9.17, 15) is 4.79 Å². The second-order valence-electron chi connectivity index (χ2n) is 2.51. The Labute approximate surface area is 73.5 Å². The van der Waals surface area contributed by atoms with Gasteiger partial charge in [0.1, 0.15) is 18.3 Å². The van der Waals surface area contributed by atoms with Crippen molar-refractivity contribution in [1.29, 1.82) is 0 Å². The van der Waals surface area contributed by atoms with E-state index in [1.54, 1.807) is 0 Å². The van der Waals surface area contributed by atoms with Crippen molar-refractivity contribution in [2.24, 2.45) is 0 Å². The fourth-order valence-corrected chi connectivity index (χ4v) is 0.668. The van der Waals surface area contributed by atoms with Crippen molar-refractivity contribution in [3.8, 4) is 0 Å². The van der Waals surface area contributed by atoms with Crippen LogP contribution in [0.3, 0.4) is 0 Å². The zero-order valence-electron chi connectivity index (χ0n) is 6.61. The minimum absolute atomic E-state index is 0.843. The SMILES string of the molecule is O=C(O)[C@@H](O)[C@H](O)[C@H](O)[C@@H](O)CO. The highest BCUT2D eigenvalue weighted by molar-refractivity contribution is 5.72. The van der Waals surface area contributed by atoms with E-state index in [1.807, 2.05) is 0 Å². The standard InChI is InChI=1S/C6H12O7/c7-1-2(8)3(9)4(10)5(11)6(12)13/h2-5,7-11H,1H2,(H,12,13)/t2-,3+,4+,5-/m0/s1. The molecule has 0 saturated carbocycles. The van der Waals surface area contributed by atoms with E-state index in [0.29, 0.717) is 0 Å². The van der Waals surface area contributed by atoms with Crippen LogP contribution in [-0.4, -0.2) is 67.6 Å². The molecule has 0 fully saturated rings. The molecular weight excluding hydrogens is 184 g/mol. The number of aliphatic hydroxyl groups excluding tert-OH is 5. The van der Waals surface area contributed by atoms with Crippen molar-refractivity contribution in [1.82, 2.24) is 0 Å². The van der Waals surface area contributed by atoms with Gasteiger partial charge in [0.2, 0.25) is 0 Å². The highest BCUT2D eigenvalue weighted by Crippen LogP contribution is 2.04. The number of carboxylic acids is 1. The molecule has 0 amide bonds. The van der Waals surface area contributed by atoms with Gasteiger partial charge in [-0.3, -0.25) is 0 Å². The van der Waals surface area contributed by atoms with Crippen LogP contribution in [0, 0.1) is 0 Å². The molecule has 0 aromatic carbocycles. The number of carbonyl (C=O) groups is 1. The van der Waals surface area contributed by atoms with Crippen molar-refractivity contribution in [2.75, 3.05) is 6.61 Å². The Balaban J connectivity index is 4.24.